The van der Waals surface area contributed by atoms with E-state index >= 15 is 0 Å². The van der Waals surface area contributed by atoms with E-state index in [1.807, 2.05) is 0 Å². The quantitative estimate of drug-likeness (QED) is 0.528. The van der Waals surface area contributed by atoms with E-state index in [0.29, 0.717) is 0 Å². The van der Waals surface area contributed by atoms with E-state index in [1.165, 1.54) is 27.6 Å². The van der Waals surface area contributed by atoms with Crippen LogP contribution in [0.15, 0.2) is 48.5 Å². The fraction of sp³-hybridized carbons (Fsp3) is 0.348. The summed E-state index contributed by atoms with van der Waals surface area (Å²) in [6.45, 7) is 11.3. The molecule has 0 saturated heterocycles. The lowest BCUT2D eigenvalue weighted by molar-refractivity contribution is 0.442. The second-order valence-corrected chi connectivity index (χ2v) is 7.22. The van der Waals surface area contributed by atoms with Crippen molar-refractivity contribution in [3.8, 4) is 11.3 Å². The molecule has 0 aliphatic rings. The van der Waals surface area contributed by atoms with Crippen molar-refractivity contribution < 1.29 is 0 Å². The molecule has 0 fully saturated rings. The average molecular weight is 317 g/mol. The molecule has 0 atom stereocenters. The number of aryl methyl sites for hydroxylation is 2. The molecule has 3 rings (SSSR count). The maximum absolute atomic E-state index is 4.97. The molecule has 0 spiro atoms. The second-order valence-electron chi connectivity index (χ2n) is 7.22. The Balaban J connectivity index is 2.31. The first-order valence-corrected chi connectivity index (χ1v) is 8.96. The molecular weight excluding hydrogens is 290 g/mol. The van der Waals surface area contributed by atoms with E-state index in [2.05, 4.69) is 83.1 Å². The van der Waals surface area contributed by atoms with Gasteiger partial charge >= 0.3 is 0 Å². The van der Waals surface area contributed by atoms with Crippen molar-refractivity contribution in [1.82, 2.24) is 4.98 Å². The van der Waals surface area contributed by atoms with Gasteiger partial charge in [0.15, 0.2) is 0 Å². The van der Waals surface area contributed by atoms with Gasteiger partial charge in [-0.15, -0.1) is 0 Å². The summed E-state index contributed by atoms with van der Waals surface area (Å²) in [4.78, 5) is 4.97. The molecule has 1 aromatic heterocycles. The first-order chi connectivity index (χ1) is 11.5. The summed E-state index contributed by atoms with van der Waals surface area (Å²) in [5.41, 5.74) is 7.57. The molecule has 0 saturated carbocycles. The Labute approximate surface area is 145 Å². The van der Waals surface area contributed by atoms with Crippen molar-refractivity contribution >= 4 is 10.9 Å². The summed E-state index contributed by atoms with van der Waals surface area (Å²) >= 11 is 0. The van der Waals surface area contributed by atoms with Crippen LogP contribution in [0.25, 0.3) is 22.2 Å². The van der Waals surface area contributed by atoms with Crippen molar-refractivity contribution in [3.05, 3.63) is 65.2 Å². The van der Waals surface area contributed by atoms with Gasteiger partial charge in [0.1, 0.15) is 0 Å². The summed E-state index contributed by atoms with van der Waals surface area (Å²) in [6, 6.07) is 17.6. The maximum atomic E-state index is 4.97. The highest BCUT2D eigenvalue weighted by atomic mass is 14.7. The summed E-state index contributed by atoms with van der Waals surface area (Å²) in [5, 5.41) is 1.29. The van der Waals surface area contributed by atoms with Gasteiger partial charge in [-0.3, -0.25) is 0 Å². The van der Waals surface area contributed by atoms with E-state index in [9.17, 15) is 0 Å². The van der Waals surface area contributed by atoms with Crippen molar-refractivity contribution in [1.29, 1.82) is 0 Å². The molecule has 3 aromatic rings. The van der Waals surface area contributed by atoms with E-state index in [4.69, 9.17) is 4.98 Å². The average Bonchev–Trinajstić information content (AvgIpc) is 2.59. The number of pyridine rings is 1. The van der Waals surface area contributed by atoms with Gasteiger partial charge in [-0.25, -0.2) is 4.98 Å². The third kappa shape index (κ3) is 2.96. The van der Waals surface area contributed by atoms with Crippen LogP contribution in [0, 0.1) is 13.8 Å². The standard InChI is InChI=1S/C23H27N/c1-6-23(5,7-2)20-15-22(18-13-16(3)12-17(4)14-18)24-21-11-9-8-10-19(20)21/h8-15H,6-7H2,1-5H3. The summed E-state index contributed by atoms with van der Waals surface area (Å²) in [7, 11) is 0. The molecule has 1 heteroatoms. The monoisotopic (exact) mass is 317 g/mol. The number of hydrogen-bond donors (Lipinski definition) is 0. The van der Waals surface area contributed by atoms with E-state index in [-0.39, 0.29) is 5.41 Å². The maximum Gasteiger partial charge on any atom is 0.0712 e. The van der Waals surface area contributed by atoms with Crippen LogP contribution < -0.4 is 0 Å². The zero-order valence-corrected chi connectivity index (χ0v) is 15.5. The number of nitrogens with zero attached hydrogens (tertiary/aromatic N) is 1. The highest BCUT2D eigenvalue weighted by Gasteiger charge is 2.25. The van der Waals surface area contributed by atoms with Crippen molar-refractivity contribution in [3.63, 3.8) is 0 Å². The summed E-state index contributed by atoms with van der Waals surface area (Å²) in [5.74, 6) is 0. The molecule has 2 aromatic carbocycles. The molecule has 0 aliphatic heterocycles. The van der Waals surface area contributed by atoms with Crippen LogP contribution in [0.2, 0.25) is 0 Å². The number of rotatable bonds is 4. The second kappa shape index (κ2) is 6.39. The molecule has 1 heterocycles. The van der Waals surface area contributed by atoms with E-state index in [1.54, 1.807) is 0 Å². The number of para-hydroxylation sites is 1. The molecule has 0 aliphatic carbocycles. The van der Waals surface area contributed by atoms with Crippen LogP contribution in [-0.4, -0.2) is 4.98 Å². The fourth-order valence-electron chi connectivity index (χ4n) is 3.58. The minimum Gasteiger partial charge on any atom is -0.248 e. The van der Waals surface area contributed by atoms with Crippen LogP contribution in [0.3, 0.4) is 0 Å². The molecule has 0 amide bonds. The van der Waals surface area contributed by atoms with Gasteiger partial charge in [-0.05, 0) is 61.9 Å². The number of fused-ring (bicyclic) bond motifs is 1. The Morgan fingerprint density at radius 3 is 2.12 bits per heavy atom. The minimum atomic E-state index is 0.177. The molecule has 24 heavy (non-hydrogen) atoms. The predicted octanol–water partition coefficient (Wildman–Crippen LogP) is 6.60. The van der Waals surface area contributed by atoms with Crippen molar-refractivity contribution in [2.45, 2.75) is 52.9 Å². The largest absolute Gasteiger partial charge is 0.248 e. The number of benzene rings is 2. The molecule has 0 N–H and O–H groups in total. The number of aromatic nitrogens is 1. The Bertz CT molecular complexity index is 852. The smallest absolute Gasteiger partial charge is 0.0712 e. The third-order valence-electron chi connectivity index (χ3n) is 5.44. The van der Waals surface area contributed by atoms with Gasteiger partial charge in [-0.2, -0.15) is 0 Å². The van der Waals surface area contributed by atoms with Crippen molar-refractivity contribution in [2.75, 3.05) is 0 Å². The van der Waals surface area contributed by atoms with Gasteiger partial charge in [0.25, 0.3) is 0 Å². The lowest BCUT2D eigenvalue weighted by Gasteiger charge is -2.29. The lowest BCUT2D eigenvalue weighted by atomic mass is 9.76. The minimum absolute atomic E-state index is 0.177. The molecular formula is C23H27N. The number of hydrogen-bond acceptors (Lipinski definition) is 1. The molecule has 0 unspecified atom stereocenters. The van der Waals surface area contributed by atoms with Crippen molar-refractivity contribution in [2.24, 2.45) is 0 Å². The predicted molar refractivity (Wildman–Crippen MR) is 105 cm³/mol. The lowest BCUT2D eigenvalue weighted by Crippen LogP contribution is -2.20. The molecule has 1 nitrogen and oxygen atoms in total. The van der Waals surface area contributed by atoms with Crippen LogP contribution in [0.5, 0.6) is 0 Å². The summed E-state index contributed by atoms with van der Waals surface area (Å²) < 4.78 is 0. The zero-order chi connectivity index (χ0) is 17.3. The fourth-order valence-corrected chi connectivity index (χ4v) is 3.58. The van der Waals surface area contributed by atoms with E-state index < -0.39 is 0 Å². The van der Waals surface area contributed by atoms with Gasteiger partial charge in [0.05, 0.1) is 11.2 Å². The normalized spacial score (nSPS) is 11.9. The first kappa shape index (κ1) is 16.7. The van der Waals surface area contributed by atoms with E-state index in [0.717, 1.165) is 24.1 Å². The first-order valence-electron chi connectivity index (χ1n) is 8.96. The SMILES string of the molecule is CCC(C)(CC)c1cc(-c2cc(C)cc(C)c2)nc2ccccc12. The molecule has 124 valence electrons. The van der Waals surface area contributed by atoms with Gasteiger partial charge in [0, 0.05) is 10.9 Å². The van der Waals surface area contributed by atoms with Gasteiger partial charge < -0.3 is 0 Å². The van der Waals surface area contributed by atoms with Gasteiger partial charge in [0.2, 0.25) is 0 Å². The topological polar surface area (TPSA) is 12.9 Å². The summed E-state index contributed by atoms with van der Waals surface area (Å²) in [6.07, 6.45) is 2.26. The molecule has 0 bridgehead atoms. The molecule has 0 radical (unpaired) electrons. The van der Waals surface area contributed by atoms with Crippen LogP contribution in [-0.2, 0) is 5.41 Å². The van der Waals surface area contributed by atoms with Crippen LogP contribution >= 0.6 is 0 Å². The highest BCUT2D eigenvalue weighted by molar-refractivity contribution is 5.86. The Hall–Kier alpha value is -2.15. The Morgan fingerprint density at radius 1 is 0.875 bits per heavy atom. The highest BCUT2D eigenvalue weighted by Crippen LogP contribution is 2.37. The van der Waals surface area contributed by atoms with Crippen LogP contribution in [0.4, 0.5) is 0 Å². The zero-order valence-electron chi connectivity index (χ0n) is 15.5. The van der Waals surface area contributed by atoms with Gasteiger partial charge in [-0.1, -0.05) is 56.2 Å². The Kier molecular flexibility index (Phi) is 4.45. The third-order valence-corrected chi connectivity index (χ3v) is 5.44. The Morgan fingerprint density at radius 2 is 1.50 bits per heavy atom. The van der Waals surface area contributed by atoms with Crippen LogP contribution in [0.1, 0.15) is 50.3 Å².